The van der Waals surface area contributed by atoms with Crippen molar-refractivity contribution in [2.24, 2.45) is 5.10 Å². The summed E-state index contributed by atoms with van der Waals surface area (Å²) in [6.45, 7) is 0.877. The third-order valence-electron chi connectivity index (χ3n) is 3.99. The van der Waals surface area contributed by atoms with Gasteiger partial charge < -0.3 is 9.47 Å². The Kier molecular flexibility index (Phi) is 3.46. The number of fused-ring (bicyclic) bond motifs is 1. The summed E-state index contributed by atoms with van der Waals surface area (Å²) in [5.74, 6) is 1.51. The fraction of sp³-hybridized carbons (Fsp3) is 0.222. The van der Waals surface area contributed by atoms with E-state index in [1.54, 1.807) is 5.01 Å². The summed E-state index contributed by atoms with van der Waals surface area (Å²) in [6.07, 6.45) is 1.12. The number of amides is 1. The van der Waals surface area contributed by atoms with Crippen LogP contribution in [-0.4, -0.2) is 30.0 Å². The maximum absolute atomic E-state index is 12.4. The molecule has 0 N–H and O–H groups in total. The van der Waals surface area contributed by atoms with Gasteiger partial charge in [0.15, 0.2) is 11.5 Å². The molecule has 0 saturated carbocycles. The number of nitrogens with zero attached hydrogens (tertiary/aromatic N) is 2. The van der Waals surface area contributed by atoms with Gasteiger partial charge in [0.1, 0.15) is 0 Å². The summed E-state index contributed by atoms with van der Waals surface area (Å²) < 4.78 is 10.7. The fourth-order valence-electron chi connectivity index (χ4n) is 2.78. The van der Waals surface area contributed by atoms with Gasteiger partial charge in [0.2, 0.25) is 12.7 Å². The minimum atomic E-state index is 0.0203. The lowest BCUT2D eigenvalue weighted by atomic mass is 10.1. The standard InChI is InChI=1S/C18H16N2O3/c21-18(10-13-4-2-1-3-5-13)20-9-8-15(19-20)14-6-7-16-17(11-14)23-12-22-16/h1-7,11H,8-10,12H2. The highest BCUT2D eigenvalue weighted by molar-refractivity contribution is 6.03. The number of hydrogen-bond acceptors (Lipinski definition) is 4. The summed E-state index contributed by atoms with van der Waals surface area (Å²) in [5.41, 5.74) is 2.89. The van der Waals surface area contributed by atoms with Crippen LogP contribution in [0, 0.1) is 0 Å². The molecule has 2 aromatic carbocycles. The summed E-state index contributed by atoms with van der Waals surface area (Å²) in [5, 5.41) is 6.05. The van der Waals surface area contributed by atoms with E-state index in [1.165, 1.54) is 0 Å². The van der Waals surface area contributed by atoms with Gasteiger partial charge in [-0.1, -0.05) is 30.3 Å². The molecular formula is C18H16N2O3. The van der Waals surface area contributed by atoms with E-state index in [0.29, 0.717) is 13.0 Å². The SMILES string of the molecule is O=C(Cc1ccccc1)N1CCC(c2ccc3c(c2)OCO3)=N1. The van der Waals surface area contributed by atoms with Crippen molar-refractivity contribution in [1.29, 1.82) is 0 Å². The van der Waals surface area contributed by atoms with Crippen molar-refractivity contribution in [2.75, 3.05) is 13.3 Å². The molecule has 1 amide bonds. The van der Waals surface area contributed by atoms with Crippen LogP contribution in [0.4, 0.5) is 0 Å². The molecule has 4 rings (SSSR count). The van der Waals surface area contributed by atoms with Crippen molar-refractivity contribution in [3.05, 3.63) is 59.7 Å². The van der Waals surface area contributed by atoms with Gasteiger partial charge >= 0.3 is 0 Å². The molecule has 5 heteroatoms. The molecule has 0 atom stereocenters. The summed E-state index contributed by atoms with van der Waals surface area (Å²) in [4.78, 5) is 12.4. The minimum Gasteiger partial charge on any atom is -0.454 e. The predicted molar refractivity (Wildman–Crippen MR) is 85.6 cm³/mol. The number of hydrazone groups is 1. The van der Waals surface area contributed by atoms with Crippen molar-refractivity contribution in [3.63, 3.8) is 0 Å². The van der Waals surface area contributed by atoms with Crippen LogP contribution in [0.1, 0.15) is 17.5 Å². The van der Waals surface area contributed by atoms with Crippen LogP contribution >= 0.6 is 0 Å². The molecule has 2 heterocycles. The van der Waals surface area contributed by atoms with Crippen molar-refractivity contribution in [1.82, 2.24) is 5.01 Å². The second-order valence-electron chi connectivity index (χ2n) is 5.54. The van der Waals surface area contributed by atoms with Crippen LogP contribution in [-0.2, 0) is 11.2 Å². The van der Waals surface area contributed by atoms with Crippen LogP contribution in [0.3, 0.4) is 0 Å². The number of benzene rings is 2. The van der Waals surface area contributed by atoms with E-state index < -0.39 is 0 Å². The second-order valence-corrected chi connectivity index (χ2v) is 5.54. The van der Waals surface area contributed by atoms with E-state index in [1.807, 2.05) is 48.5 Å². The van der Waals surface area contributed by atoms with E-state index in [-0.39, 0.29) is 12.7 Å². The zero-order valence-electron chi connectivity index (χ0n) is 12.6. The maximum Gasteiger partial charge on any atom is 0.247 e. The Balaban J connectivity index is 1.49. The zero-order chi connectivity index (χ0) is 15.6. The molecule has 0 saturated heterocycles. The van der Waals surface area contributed by atoms with Gasteiger partial charge in [-0.3, -0.25) is 4.79 Å². The molecule has 0 radical (unpaired) electrons. The molecule has 0 aromatic heterocycles. The van der Waals surface area contributed by atoms with Gasteiger partial charge in [-0.25, -0.2) is 5.01 Å². The largest absolute Gasteiger partial charge is 0.454 e. The molecule has 0 spiro atoms. The van der Waals surface area contributed by atoms with Crippen molar-refractivity contribution in [2.45, 2.75) is 12.8 Å². The first-order valence-electron chi connectivity index (χ1n) is 7.61. The molecule has 5 nitrogen and oxygen atoms in total. The molecule has 2 aliphatic heterocycles. The lowest BCUT2D eigenvalue weighted by molar-refractivity contribution is -0.130. The normalized spacial score (nSPS) is 15.7. The molecule has 0 bridgehead atoms. The van der Waals surface area contributed by atoms with E-state index >= 15 is 0 Å². The molecule has 0 aliphatic carbocycles. The van der Waals surface area contributed by atoms with Gasteiger partial charge in [0.05, 0.1) is 18.7 Å². The molecule has 2 aliphatic rings. The van der Waals surface area contributed by atoms with Crippen LogP contribution < -0.4 is 9.47 Å². The van der Waals surface area contributed by atoms with Gasteiger partial charge in [0, 0.05) is 12.0 Å². The molecule has 0 unspecified atom stereocenters. The Bertz CT molecular complexity index is 771. The third kappa shape index (κ3) is 2.77. The van der Waals surface area contributed by atoms with Gasteiger partial charge in [-0.05, 0) is 23.8 Å². The predicted octanol–water partition coefficient (Wildman–Crippen LogP) is 2.59. The van der Waals surface area contributed by atoms with Crippen LogP contribution in [0.25, 0.3) is 0 Å². The number of carbonyl (C=O) groups excluding carboxylic acids is 1. The minimum absolute atomic E-state index is 0.0203. The molecule has 0 fully saturated rings. The van der Waals surface area contributed by atoms with Gasteiger partial charge in [-0.2, -0.15) is 5.10 Å². The molecule has 2 aromatic rings. The average molecular weight is 308 g/mol. The summed E-state index contributed by atoms with van der Waals surface area (Å²) >= 11 is 0. The molecular weight excluding hydrogens is 292 g/mol. The lowest BCUT2D eigenvalue weighted by Gasteiger charge is -2.11. The monoisotopic (exact) mass is 308 g/mol. The first-order chi connectivity index (χ1) is 11.3. The highest BCUT2D eigenvalue weighted by Gasteiger charge is 2.23. The van der Waals surface area contributed by atoms with Gasteiger partial charge in [0.25, 0.3) is 0 Å². The van der Waals surface area contributed by atoms with E-state index in [9.17, 15) is 4.79 Å². The first-order valence-corrected chi connectivity index (χ1v) is 7.61. The Labute approximate surface area is 134 Å². The number of carbonyl (C=O) groups is 1. The Morgan fingerprint density at radius 1 is 1.09 bits per heavy atom. The average Bonchev–Trinajstić information content (AvgIpc) is 3.24. The van der Waals surface area contributed by atoms with E-state index in [4.69, 9.17) is 9.47 Å². The fourth-order valence-corrected chi connectivity index (χ4v) is 2.78. The van der Waals surface area contributed by atoms with Crippen molar-refractivity contribution < 1.29 is 14.3 Å². The number of ether oxygens (including phenoxy) is 2. The Hall–Kier alpha value is -2.82. The highest BCUT2D eigenvalue weighted by atomic mass is 16.7. The Morgan fingerprint density at radius 3 is 2.78 bits per heavy atom. The van der Waals surface area contributed by atoms with Crippen LogP contribution in [0.2, 0.25) is 0 Å². The number of rotatable bonds is 3. The topological polar surface area (TPSA) is 51.1 Å². The smallest absolute Gasteiger partial charge is 0.247 e. The zero-order valence-corrected chi connectivity index (χ0v) is 12.6. The van der Waals surface area contributed by atoms with E-state index in [2.05, 4.69) is 5.10 Å². The summed E-state index contributed by atoms with van der Waals surface area (Å²) in [6, 6.07) is 15.5. The first kappa shape index (κ1) is 13.8. The van der Waals surface area contributed by atoms with Crippen molar-refractivity contribution >= 4 is 11.6 Å². The van der Waals surface area contributed by atoms with E-state index in [0.717, 1.165) is 34.8 Å². The molecule has 23 heavy (non-hydrogen) atoms. The number of hydrogen-bond donors (Lipinski definition) is 0. The second kappa shape index (κ2) is 5.76. The maximum atomic E-state index is 12.4. The Morgan fingerprint density at radius 2 is 1.91 bits per heavy atom. The van der Waals surface area contributed by atoms with Crippen LogP contribution in [0.5, 0.6) is 11.5 Å². The highest BCUT2D eigenvalue weighted by Crippen LogP contribution is 2.33. The van der Waals surface area contributed by atoms with Gasteiger partial charge in [-0.15, -0.1) is 0 Å². The quantitative estimate of drug-likeness (QED) is 0.876. The van der Waals surface area contributed by atoms with Crippen molar-refractivity contribution in [3.8, 4) is 11.5 Å². The third-order valence-corrected chi connectivity index (χ3v) is 3.99. The lowest BCUT2D eigenvalue weighted by Crippen LogP contribution is -2.25. The van der Waals surface area contributed by atoms with Crippen LogP contribution in [0.15, 0.2) is 53.6 Å². The summed E-state index contributed by atoms with van der Waals surface area (Å²) in [7, 11) is 0. The molecule has 116 valence electrons.